The van der Waals surface area contributed by atoms with E-state index >= 15 is 0 Å². The zero-order valence-electron chi connectivity index (χ0n) is 11.0. The molecule has 0 saturated carbocycles. The first-order chi connectivity index (χ1) is 9.63. The number of hydrogen-bond acceptors (Lipinski definition) is 3. The Morgan fingerprint density at radius 3 is 2.95 bits per heavy atom. The Morgan fingerprint density at radius 1 is 1.35 bits per heavy atom. The Hall–Kier alpha value is -0.780. The van der Waals surface area contributed by atoms with E-state index in [0.29, 0.717) is 0 Å². The fourth-order valence-electron chi connectivity index (χ4n) is 2.21. The van der Waals surface area contributed by atoms with Crippen LogP contribution in [0.2, 0.25) is 0 Å². The molecule has 0 fully saturated rings. The van der Waals surface area contributed by atoms with Crippen molar-refractivity contribution in [1.29, 1.82) is 0 Å². The van der Waals surface area contributed by atoms with Gasteiger partial charge in [-0.2, -0.15) is 11.8 Å². The van der Waals surface area contributed by atoms with Crippen LogP contribution in [0.25, 0.3) is 0 Å². The lowest BCUT2D eigenvalue weighted by molar-refractivity contribution is 0.103. The number of aryl methyl sites for hydroxylation is 2. The number of amides is 1. The fraction of sp³-hybridized carbons (Fsp3) is 0.267. The molecule has 0 atom stereocenters. The summed E-state index contributed by atoms with van der Waals surface area (Å²) in [5.74, 6) is 2.21. The van der Waals surface area contributed by atoms with Crippen LogP contribution in [0.5, 0.6) is 0 Å². The van der Waals surface area contributed by atoms with Crippen molar-refractivity contribution >= 4 is 50.6 Å². The summed E-state index contributed by atoms with van der Waals surface area (Å²) in [5.41, 5.74) is 3.27. The molecule has 5 heteroatoms. The number of halogens is 1. The Morgan fingerprint density at radius 2 is 2.20 bits per heavy atom. The monoisotopic (exact) mass is 367 g/mol. The van der Waals surface area contributed by atoms with Crippen molar-refractivity contribution in [3.05, 3.63) is 49.6 Å². The second-order valence-corrected chi connectivity index (χ2v) is 7.93. The average Bonchev–Trinajstić information content (AvgIpc) is 2.86. The largest absolute Gasteiger partial charge is 0.321 e. The number of nitrogens with one attached hydrogen (secondary N) is 1. The smallest absolute Gasteiger partial charge is 0.265 e. The van der Waals surface area contributed by atoms with Crippen molar-refractivity contribution in [1.82, 2.24) is 0 Å². The molecular weight excluding hydrogens is 354 g/mol. The number of carbonyl (C=O) groups excluding carboxylic acids is 1. The molecule has 3 rings (SSSR count). The highest BCUT2D eigenvalue weighted by molar-refractivity contribution is 9.10. The van der Waals surface area contributed by atoms with Crippen molar-refractivity contribution in [2.45, 2.75) is 19.1 Å². The number of rotatable bonds is 2. The molecule has 2 aromatic rings. The standard InChI is InChI=1S/C15H14BrNOS2/c1-9-6-11(16)2-3-12(9)17-15(18)14-7-10-8-19-5-4-13(10)20-14/h2-3,6-7H,4-5,8H2,1H3,(H,17,18). The fourth-order valence-corrected chi connectivity index (χ4v) is 4.95. The number of thiophene rings is 1. The van der Waals surface area contributed by atoms with Gasteiger partial charge in [-0.05, 0) is 54.5 Å². The Labute approximate surface area is 135 Å². The predicted octanol–water partition coefficient (Wildman–Crippen LogP) is 4.86. The van der Waals surface area contributed by atoms with Crippen LogP contribution in [0, 0.1) is 6.92 Å². The molecule has 1 aliphatic rings. The van der Waals surface area contributed by atoms with Crippen LogP contribution < -0.4 is 5.32 Å². The molecule has 0 unspecified atom stereocenters. The van der Waals surface area contributed by atoms with Gasteiger partial charge in [-0.15, -0.1) is 11.3 Å². The van der Waals surface area contributed by atoms with E-state index in [1.54, 1.807) is 11.3 Å². The normalized spacial score (nSPS) is 13.9. The zero-order chi connectivity index (χ0) is 14.1. The molecule has 0 bridgehead atoms. The van der Waals surface area contributed by atoms with Gasteiger partial charge in [-0.1, -0.05) is 15.9 Å². The van der Waals surface area contributed by atoms with Crippen LogP contribution >= 0.6 is 39.0 Å². The van der Waals surface area contributed by atoms with Gasteiger partial charge in [-0.3, -0.25) is 4.79 Å². The van der Waals surface area contributed by atoms with Crippen LogP contribution in [-0.4, -0.2) is 11.7 Å². The molecule has 0 radical (unpaired) electrons. The second-order valence-electron chi connectivity index (χ2n) is 4.78. The van der Waals surface area contributed by atoms with E-state index in [0.717, 1.165) is 32.8 Å². The lowest BCUT2D eigenvalue weighted by atomic mass is 10.2. The number of thioether (sulfide) groups is 1. The van der Waals surface area contributed by atoms with Gasteiger partial charge in [-0.25, -0.2) is 0 Å². The van der Waals surface area contributed by atoms with Crippen LogP contribution in [0.1, 0.15) is 25.7 Å². The predicted molar refractivity (Wildman–Crippen MR) is 91.0 cm³/mol. The van der Waals surface area contributed by atoms with E-state index in [-0.39, 0.29) is 5.91 Å². The number of carbonyl (C=O) groups is 1. The first-order valence-corrected chi connectivity index (χ1v) is 9.17. The Bertz CT molecular complexity index is 642. The van der Waals surface area contributed by atoms with E-state index in [1.165, 1.54) is 16.2 Å². The minimum atomic E-state index is -0.000164. The van der Waals surface area contributed by atoms with Gasteiger partial charge >= 0.3 is 0 Å². The third-order valence-corrected chi connectivity index (χ3v) is 6.03. The summed E-state index contributed by atoms with van der Waals surface area (Å²) in [6, 6.07) is 7.93. The van der Waals surface area contributed by atoms with Gasteiger partial charge in [0.15, 0.2) is 0 Å². The summed E-state index contributed by atoms with van der Waals surface area (Å²) in [6.45, 7) is 2.00. The summed E-state index contributed by atoms with van der Waals surface area (Å²) in [4.78, 5) is 14.5. The molecule has 20 heavy (non-hydrogen) atoms. The second kappa shape index (κ2) is 5.92. The maximum Gasteiger partial charge on any atom is 0.265 e. The Balaban J connectivity index is 1.80. The first kappa shape index (κ1) is 14.2. The summed E-state index contributed by atoms with van der Waals surface area (Å²) in [7, 11) is 0. The third-order valence-electron chi connectivity index (χ3n) is 3.29. The highest BCUT2D eigenvalue weighted by Gasteiger charge is 2.17. The molecule has 104 valence electrons. The van der Waals surface area contributed by atoms with Gasteiger partial charge in [0.2, 0.25) is 0 Å². The van der Waals surface area contributed by atoms with Crippen LogP contribution in [0.4, 0.5) is 5.69 Å². The minimum Gasteiger partial charge on any atom is -0.321 e. The molecule has 1 aromatic carbocycles. The van der Waals surface area contributed by atoms with E-state index in [1.807, 2.05) is 36.9 Å². The number of anilines is 1. The van der Waals surface area contributed by atoms with Crippen molar-refractivity contribution < 1.29 is 4.79 Å². The quantitative estimate of drug-likeness (QED) is 0.820. The van der Waals surface area contributed by atoms with Crippen molar-refractivity contribution in [3.63, 3.8) is 0 Å². The lowest BCUT2D eigenvalue weighted by Crippen LogP contribution is -2.11. The topological polar surface area (TPSA) is 29.1 Å². The molecule has 2 heterocycles. The van der Waals surface area contributed by atoms with Crippen molar-refractivity contribution in [2.24, 2.45) is 0 Å². The maximum atomic E-state index is 12.3. The van der Waals surface area contributed by atoms with E-state index in [9.17, 15) is 4.79 Å². The average molecular weight is 368 g/mol. The molecule has 1 aromatic heterocycles. The first-order valence-electron chi connectivity index (χ1n) is 6.40. The molecular formula is C15H14BrNOS2. The lowest BCUT2D eigenvalue weighted by Gasteiger charge is -2.08. The summed E-state index contributed by atoms with van der Waals surface area (Å²) in [5, 5.41) is 3.01. The van der Waals surface area contributed by atoms with Crippen LogP contribution in [0.3, 0.4) is 0 Å². The van der Waals surface area contributed by atoms with Gasteiger partial charge in [0.1, 0.15) is 0 Å². The van der Waals surface area contributed by atoms with E-state index in [4.69, 9.17) is 0 Å². The SMILES string of the molecule is Cc1cc(Br)ccc1NC(=O)c1cc2c(s1)CCSC2. The van der Waals surface area contributed by atoms with Crippen LogP contribution in [-0.2, 0) is 12.2 Å². The van der Waals surface area contributed by atoms with Gasteiger partial charge in [0, 0.05) is 20.8 Å². The molecule has 1 N–H and O–H groups in total. The minimum absolute atomic E-state index is 0.000164. The maximum absolute atomic E-state index is 12.3. The van der Waals surface area contributed by atoms with Gasteiger partial charge in [0.25, 0.3) is 5.91 Å². The molecule has 0 saturated heterocycles. The molecule has 1 amide bonds. The molecule has 1 aliphatic heterocycles. The van der Waals surface area contributed by atoms with Crippen molar-refractivity contribution in [3.8, 4) is 0 Å². The van der Waals surface area contributed by atoms with E-state index in [2.05, 4.69) is 27.3 Å². The number of benzene rings is 1. The number of fused-ring (bicyclic) bond motifs is 1. The van der Waals surface area contributed by atoms with Gasteiger partial charge in [0.05, 0.1) is 4.88 Å². The highest BCUT2D eigenvalue weighted by Crippen LogP contribution is 2.32. The summed E-state index contributed by atoms with van der Waals surface area (Å²) >= 11 is 7.01. The van der Waals surface area contributed by atoms with E-state index < -0.39 is 0 Å². The number of hydrogen-bond donors (Lipinski definition) is 1. The molecule has 0 aliphatic carbocycles. The molecule has 2 nitrogen and oxygen atoms in total. The van der Waals surface area contributed by atoms with Gasteiger partial charge < -0.3 is 5.32 Å². The zero-order valence-corrected chi connectivity index (χ0v) is 14.3. The summed E-state index contributed by atoms with van der Waals surface area (Å²) in [6.07, 6.45) is 1.09. The Kier molecular flexibility index (Phi) is 4.19. The molecule has 0 spiro atoms. The van der Waals surface area contributed by atoms with Crippen LogP contribution in [0.15, 0.2) is 28.7 Å². The third kappa shape index (κ3) is 2.95. The summed E-state index contributed by atoms with van der Waals surface area (Å²) < 4.78 is 1.02. The van der Waals surface area contributed by atoms with Crippen molar-refractivity contribution in [2.75, 3.05) is 11.1 Å². The highest BCUT2D eigenvalue weighted by atomic mass is 79.9.